The van der Waals surface area contributed by atoms with Gasteiger partial charge >= 0.3 is 5.97 Å². The van der Waals surface area contributed by atoms with Crippen LogP contribution in [0, 0.1) is 17.0 Å². The summed E-state index contributed by atoms with van der Waals surface area (Å²) in [4.78, 5) is 21.4. The molecule has 0 radical (unpaired) electrons. The summed E-state index contributed by atoms with van der Waals surface area (Å²) in [5, 5.41) is 27.0. The highest BCUT2D eigenvalue weighted by atomic mass is 16.6. The summed E-state index contributed by atoms with van der Waals surface area (Å²) in [5.74, 6) is -1.13. The lowest BCUT2D eigenvalue weighted by Crippen LogP contribution is -2.05. The zero-order valence-electron chi connectivity index (χ0n) is 11.5. The summed E-state index contributed by atoms with van der Waals surface area (Å²) >= 11 is 0. The maximum absolute atomic E-state index is 11.0. The molecule has 0 spiro atoms. The normalized spacial score (nSPS) is 10.4. The zero-order valence-corrected chi connectivity index (χ0v) is 11.5. The third-order valence-electron chi connectivity index (χ3n) is 3.02. The van der Waals surface area contributed by atoms with Crippen LogP contribution in [0.5, 0.6) is 0 Å². The molecule has 0 atom stereocenters. The van der Waals surface area contributed by atoms with Gasteiger partial charge in [0.25, 0.3) is 5.69 Å². The van der Waals surface area contributed by atoms with Crippen molar-refractivity contribution in [3.63, 3.8) is 0 Å². The molecule has 0 amide bonds. The van der Waals surface area contributed by atoms with Crippen LogP contribution in [0.25, 0.3) is 0 Å². The highest BCUT2D eigenvalue weighted by Crippen LogP contribution is 2.26. The van der Waals surface area contributed by atoms with E-state index in [1.165, 1.54) is 18.2 Å². The van der Waals surface area contributed by atoms with Crippen molar-refractivity contribution in [2.24, 2.45) is 7.05 Å². The van der Waals surface area contributed by atoms with Gasteiger partial charge < -0.3 is 10.4 Å². The summed E-state index contributed by atoms with van der Waals surface area (Å²) in [6, 6.07) is 3.65. The topological polar surface area (TPSA) is 110 Å². The van der Waals surface area contributed by atoms with Crippen molar-refractivity contribution in [3.05, 3.63) is 51.3 Å². The zero-order chi connectivity index (χ0) is 15.6. The Morgan fingerprint density at radius 3 is 2.76 bits per heavy atom. The van der Waals surface area contributed by atoms with E-state index in [9.17, 15) is 14.9 Å². The van der Waals surface area contributed by atoms with E-state index in [2.05, 4.69) is 10.4 Å². The minimum atomic E-state index is -1.13. The van der Waals surface area contributed by atoms with Gasteiger partial charge in [-0.15, -0.1) is 0 Å². The third-order valence-corrected chi connectivity index (χ3v) is 3.02. The van der Waals surface area contributed by atoms with Crippen molar-refractivity contribution >= 4 is 17.3 Å². The second kappa shape index (κ2) is 5.61. The van der Waals surface area contributed by atoms with Gasteiger partial charge in [-0.05, 0) is 19.1 Å². The van der Waals surface area contributed by atoms with Gasteiger partial charge in [0.05, 0.1) is 16.2 Å². The van der Waals surface area contributed by atoms with Crippen LogP contribution < -0.4 is 5.32 Å². The maximum atomic E-state index is 11.0. The number of carboxylic acids is 1. The molecule has 0 aliphatic rings. The van der Waals surface area contributed by atoms with Crippen molar-refractivity contribution in [2.75, 3.05) is 5.32 Å². The fourth-order valence-corrected chi connectivity index (χ4v) is 1.98. The molecule has 0 saturated carbocycles. The number of aryl methyl sites for hydroxylation is 2. The Morgan fingerprint density at radius 1 is 1.52 bits per heavy atom. The molecule has 2 rings (SSSR count). The quantitative estimate of drug-likeness (QED) is 0.643. The number of nitro groups is 1. The highest BCUT2D eigenvalue weighted by molar-refractivity contribution is 5.90. The van der Waals surface area contributed by atoms with E-state index < -0.39 is 10.9 Å². The molecule has 8 nitrogen and oxygen atoms in total. The lowest BCUT2D eigenvalue weighted by Gasteiger charge is -2.07. The number of nitrogens with zero attached hydrogens (tertiary/aromatic N) is 3. The smallest absolute Gasteiger partial charge is 0.335 e. The van der Waals surface area contributed by atoms with Crippen molar-refractivity contribution in [3.8, 4) is 0 Å². The van der Waals surface area contributed by atoms with Crippen LogP contribution in [0.1, 0.15) is 21.6 Å². The van der Waals surface area contributed by atoms with Crippen LogP contribution in [0.15, 0.2) is 24.4 Å². The van der Waals surface area contributed by atoms with E-state index in [1.807, 2.05) is 6.92 Å². The minimum absolute atomic E-state index is 0.00833. The first-order chi connectivity index (χ1) is 9.88. The van der Waals surface area contributed by atoms with E-state index >= 15 is 0 Å². The van der Waals surface area contributed by atoms with Crippen molar-refractivity contribution in [2.45, 2.75) is 13.5 Å². The van der Waals surface area contributed by atoms with Gasteiger partial charge in [-0.1, -0.05) is 0 Å². The standard InChI is InChI=1S/C13H14N4O4/c1-8-10(7-16(2)15-8)6-14-11-5-9(13(18)19)3-4-12(11)17(20)21/h3-5,7,14H,6H2,1-2H3,(H,18,19). The molecule has 21 heavy (non-hydrogen) atoms. The van der Waals surface area contributed by atoms with Gasteiger partial charge in [-0.3, -0.25) is 14.8 Å². The molecule has 1 aromatic heterocycles. The van der Waals surface area contributed by atoms with E-state index in [0.717, 1.165) is 11.3 Å². The second-order valence-electron chi connectivity index (χ2n) is 4.56. The van der Waals surface area contributed by atoms with Crippen LogP contribution >= 0.6 is 0 Å². The van der Waals surface area contributed by atoms with Gasteiger partial charge in [-0.2, -0.15) is 5.10 Å². The minimum Gasteiger partial charge on any atom is -0.478 e. The molecule has 0 aliphatic heterocycles. The Labute approximate surface area is 120 Å². The summed E-state index contributed by atoms with van der Waals surface area (Å²) in [7, 11) is 1.78. The molecule has 0 bridgehead atoms. The van der Waals surface area contributed by atoms with Gasteiger partial charge in [0.1, 0.15) is 5.69 Å². The molecule has 0 fully saturated rings. The van der Waals surface area contributed by atoms with E-state index in [4.69, 9.17) is 5.11 Å². The van der Waals surface area contributed by atoms with Crippen LogP contribution in [0.3, 0.4) is 0 Å². The summed E-state index contributed by atoms with van der Waals surface area (Å²) < 4.78 is 1.65. The largest absolute Gasteiger partial charge is 0.478 e. The number of aromatic nitrogens is 2. The number of anilines is 1. The second-order valence-corrected chi connectivity index (χ2v) is 4.56. The molecule has 1 heterocycles. The number of nitrogens with one attached hydrogen (secondary N) is 1. The Morgan fingerprint density at radius 2 is 2.24 bits per heavy atom. The Bertz CT molecular complexity index is 708. The van der Waals surface area contributed by atoms with Crippen LogP contribution in [-0.2, 0) is 13.6 Å². The van der Waals surface area contributed by atoms with E-state index in [-0.39, 0.29) is 16.9 Å². The third kappa shape index (κ3) is 3.16. The predicted molar refractivity (Wildman–Crippen MR) is 75.3 cm³/mol. The average Bonchev–Trinajstić information content (AvgIpc) is 2.74. The van der Waals surface area contributed by atoms with Crippen molar-refractivity contribution in [1.29, 1.82) is 0 Å². The number of benzene rings is 1. The first-order valence-corrected chi connectivity index (χ1v) is 6.13. The molecule has 2 N–H and O–H groups in total. The number of rotatable bonds is 5. The fraction of sp³-hybridized carbons (Fsp3) is 0.231. The lowest BCUT2D eigenvalue weighted by molar-refractivity contribution is -0.384. The Hall–Kier alpha value is -2.90. The maximum Gasteiger partial charge on any atom is 0.335 e. The molecule has 0 saturated heterocycles. The fourth-order valence-electron chi connectivity index (χ4n) is 1.98. The Balaban J connectivity index is 2.28. The molecule has 1 aromatic carbocycles. The molecule has 0 unspecified atom stereocenters. The van der Waals surface area contributed by atoms with E-state index in [1.54, 1.807) is 17.9 Å². The number of carbonyl (C=O) groups is 1. The van der Waals surface area contributed by atoms with Gasteiger partial charge in [-0.25, -0.2) is 4.79 Å². The summed E-state index contributed by atoms with van der Waals surface area (Å²) in [6.07, 6.45) is 1.80. The molecule has 110 valence electrons. The molecular formula is C13H14N4O4. The molecular weight excluding hydrogens is 276 g/mol. The van der Waals surface area contributed by atoms with Crippen LogP contribution in [-0.4, -0.2) is 25.8 Å². The number of aromatic carboxylic acids is 1. The lowest BCUT2D eigenvalue weighted by atomic mass is 10.1. The van der Waals surface area contributed by atoms with Crippen molar-refractivity contribution in [1.82, 2.24) is 9.78 Å². The first kappa shape index (κ1) is 14.5. The Kier molecular flexibility index (Phi) is 3.88. The SMILES string of the molecule is Cc1nn(C)cc1CNc1cc(C(=O)O)ccc1[N+](=O)[O-]. The average molecular weight is 290 g/mol. The molecule has 8 heteroatoms. The summed E-state index contributed by atoms with van der Waals surface area (Å²) in [6.45, 7) is 2.16. The first-order valence-electron chi connectivity index (χ1n) is 6.13. The van der Waals surface area contributed by atoms with E-state index in [0.29, 0.717) is 6.54 Å². The predicted octanol–water partition coefficient (Wildman–Crippen LogP) is 1.95. The van der Waals surface area contributed by atoms with Gasteiger partial charge in [0, 0.05) is 31.4 Å². The molecule has 0 aliphatic carbocycles. The van der Waals surface area contributed by atoms with Gasteiger partial charge in [0.2, 0.25) is 0 Å². The van der Waals surface area contributed by atoms with Crippen LogP contribution in [0.2, 0.25) is 0 Å². The summed E-state index contributed by atoms with van der Waals surface area (Å²) in [5.41, 5.74) is 1.69. The number of hydrogen-bond donors (Lipinski definition) is 2. The van der Waals surface area contributed by atoms with Crippen LogP contribution in [0.4, 0.5) is 11.4 Å². The number of hydrogen-bond acceptors (Lipinski definition) is 5. The van der Waals surface area contributed by atoms with Crippen molar-refractivity contribution < 1.29 is 14.8 Å². The highest BCUT2D eigenvalue weighted by Gasteiger charge is 2.16. The van der Waals surface area contributed by atoms with Gasteiger partial charge in [0.15, 0.2) is 0 Å². The number of carboxylic acid groups (broad SMARTS) is 1. The molecule has 2 aromatic rings. The number of nitro benzene ring substituents is 1. The monoisotopic (exact) mass is 290 g/mol.